The molecule has 0 heterocycles. The zero-order valence-corrected chi connectivity index (χ0v) is 42.6. The molecule has 7 heteroatoms. The van der Waals surface area contributed by atoms with E-state index in [1.807, 2.05) is 0 Å². The lowest BCUT2D eigenvalue weighted by molar-refractivity contribution is -0.150. The summed E-state index contributed by atoms with van der Waals surface area (Å²) in [7, 11) is 0. The second-order valence-corrected chi connectivity index (χ2v) is 19.3. The zero-order chi connectivity index (χ0) is 46.7. The van der Waals surface area contributed by atoms with Gasteiger partial charge in [0.2, 0.25) is 5.91 Å². The van der Waals surface area contributed by atoms with Gasteiger partial charge in [0, 0.05) is 12.8 Å². The number of esters is 1. The number of carbonyl (C=O) groups excluding carboxylic acids is 2. The van der Waals surface area contributed by atoms with E-state index < -0.39 is 12.0 Å². The van der Waals surface area contributed by atoms with E-state index in [4.69, 9.17) is 10.5 Å². The lowest BCUT2D eigenvalue weighted by atomic mass is 10.0. The van der Waals surface area contributed by atoms with Gasteiger partial charge in [-0.3, -0.25) is 9.59 Å². The van der Waals surface area contributed by atoms with Crippen LogP contribution in [0, 0.1) is 0 Å². The number of carbonyl (C=O) groups is 3. The molecular weight excluding hydrogens is 793 g/mol. The second-order valence-electron chi connectivity index (χ2n) is 19.3. The van der Waals surface area contributed by atoms with Crippen LogP contribution in [0.5, 0.6) is 0 Å². The smallest absolute Gasteiger partial charge is 0.326 e. The first kappa shape index (κ1) is 61.9. The van der Waals surface area contributed by atoms with Crippen molar-refractivity contribution in [2.45, 2.75) is 315 Å². The lowest BCUT2D eigenvalue weighted by Gasteiger charge is -2.18. The normalized spacial score (nSPS) is 12.7. The van der Waals surface area contributed by atoms with Crippen LogP contribution in [0.2, 0.25) is 0 Å². The molecule has 2 unspecified atom stereocenters. The number of rotatable bonds is 52. The van der Waals surface area contributed by atoms with Crippen molar-refractivity contribution in [1.29, 1.82) is 0 Å². The van der Waals surface area contributed by atoms with Gasteiger partial charge in [-0.05, 0) is 109 Å². The summed E-state index contributed by atoms with van der Waals surface area (Å²) >= 11 is 0. The molecule has 0 aromatic heterocycles. The Kier molecular flexibility index (Phi) is 50.1. The van der Waals surface area contributed by atoms with Gasteiger partial charge in [-0.1, -0.05) is 212 Å². The SMILES string of the molecule is CCCCCCCCCC/C=C\CCCCCCCCCCCCCC(=O)OC(CCCCC/C=C\CCCCCCCCCC)CCCCCCCC(=O)NC(CCCN)C(=O)O. The Hall–Kier alpha value is -2.15. The molecule has 0 aliphatic rings. The van der Waals surface area contributed by atoms with Gasteiger partial charge in [-0.25, -0.2) is 4.79 Å². The van der Waals surface area contributed by atoms with Gasteiger partial charge in [0.05, 0.1) is 0 Å². The largest absolute Gasteiger partial charge is 0.480 e. The van der Waals surface area contributed by atoms with Gasteiger partial charge in [0.25, 0.3) is 0 Å². The number of aliphatic carboxylic acids is 1. The van der Waals surface area contributed by atoms with E-state index in [1.54, 1.807) is 0 Å². The second kappa shape index (κ2) is 51.8. The fourth-order valence-electron chi connectivity index (χ4n) is 8.74. The maximum atomic E-state index is 12.9. The van der Waals surface area contributed by atoms with Crippen LogP contribution in [0.15, 0.2) is 24.3 Å². The number of hydrogen-bond acceptors (Lipinski definition) is 5. The summed E-state index contributed by atoms with van der Waals surface area (Å²) < 4.78 is 6.10. The predicted molar refractivity (Wildman–Crippen MR) is 276 cm³/mol. The number of hydrogen-bond donors (Lipinski definition) is 3. The summed E-state index contributed by atoms with van der Waals surface area (Å²) in [4.78, 5) is 36.6. The molecule has 7 nitrogen and oxygen atoms in total. The lowest BCUT2D eigenvalue weighted by Crippen LogP contribution is -2.40. The predicted octanol–water partition coefficient (Wildman–Crippen LogP) is 17.1. The van der Waals surface area contributed by atoms with E-state index in [2.05, 4.69) is 43.5 Å². The van der Waals surface area contributed by atoms with E-state index in [0.29, 0.717) is 32.2 Å². The van der Waals surface area contributed by atoms with Crippen molar-refractivity contribution >= 4 is 17.8 Å². The first-order valence-electron chi connectivity index (χ1n) is 28.2. The van der Waals surface area contributed by atoms with E-state index in [9.17, 15) is 19.5 Å². The molecule has 64 heavy (non-hydrogen) atoms. The number of ether oxygens (including phenoxy) is 1. The molecule has 376 valence electrons. The van der Waals surface area contributed by atoms with Crippen LogP contribution in [0.3, 0.4) is 0 Å². The van der Waals surface area contributed by atoms with E-state index in [0.717, 1.165) is 70.6 Å². The standard InChI is InChI=1S/C57H108N2O5/c1-3-5-7-9-11-13-15-17-19-20-21-22-23-24-25-26-28-30-32-34-36-41-45-51-56(61)64-53(47-42-38-35-33-31-29-27-18-16-14-12-10-8-6-4-2)48-43-39-37-40-44-50-55(60)59-54(57(62)63)49-46-52-58/h20-21,29,31,53-54H,3-19,22-28,30,32-52,58H2,1-2H3,(H,59,60)(H,62,63)/b21-20-,31-29-. The number of nitrogens with one attached hydrogen (secondary N) is 1. The molecule has 0 bridgehead atoms. The minimum Gasteiger partial charge on any atom is -0.480 e. The van der Waals surface area contributed by atoms with Crippen molar-refractivity contribution in [1.82, 2.24) is 5.32 Å². The third-order valence-corrected chi connectivity index (χ3v) is 13.0. The van der Waals surface area contributed by atoms with E-state index in [-0.39, 0.29) is 18.0 Å². The topological polar surface area (TPSA) is 119 Å². The molecule has 4 N–H and O–H groups in total. The van der Waals surface area contributed by atoms with Crippen molar-refractivity contribution < 1.29 is 24.2 Å². The first-order valence-corrected chi connectivity index (χ1v) is 28.2. The number of allylic oxidation sites excluding steroid dienone is 4. The number of nitrogens with two attached hydrogens (primary N) is 1. The molecule has 2 atom stereocenters. The summed E-state index contributed by atoms with van der Waals surface area (Å²) in [5, 5.41) is 12.0. The van der Waals surface area contributed by atoms with Crippen LogP contribution in [-0.4, -0.2) is 41.6 Å². The van der Waals surface area contributed by atoms with Crippen LogP contribution in [0.25, 0.3) is 0 Å². The Morgan fingerprint density at radius 3 is 1.14 bits per heavy atom. The summed E-state index contributed by atoms with van der Waals surface area (Å²) in [6.07, 6.45) is 62.5. The van der Waals surface area contributed by atoms with E-state index >= 15 is 0 Å². The molecule has 0 radical (unpaired) electrons. The monoisotopic (exact) mass is 901 g/mol. The molecule has 1 amide bonds. The van der Waals surface area contributed by atoms with Gasteiger partial charge in [-0.15, -0.1) is 0 Å². The maximum absolute atomic E-state index is 12.9. The van der Waals surface area contributed by atoms with Crippen LogP contribution in [-0.2, 0) is 19.1 Å². The van der Waals surface area contributed by atoms with E-state index in [1.165, 1.54) is 193 Å². The van der Waals surface area contributed by atoms with Crippen molar-refractivity contribution in [3.8, 4) is 0 Å². The fourth-order valence-corrected chi connectivity index (χ4v) is 8.74. The molecule has 0 fully saturated rings. The Morgan fingerprint density at radius 2 is 0.766 bits per heavy atom. The quantitative estimate of drug-likeness (QED) is 0.0318. The van der Waals surface area contributed by atoms with Crippen molar-refractivity contribution in [2.24, 2.45) is 5.73 Å². The number of carboxylic acid groups (broad SMARTS) is 1. The van der Waals surface area contributed by atoms with Crippen molar-refractivity contribution in [3.05, 3.63) is 24.3 Å². The van der Waals surface area contributed by atoms with Gasteiger partial charge in [0.1, 0.15) is 12.1 Å². The molecular formula is C57H108N2O5. The Balaban J connectivity index is 4.21. The van der Waals surface area contributed by atoms with Crippen LogP contribution in [0.1, 0.15) is 303 Å². The Labute approximate surface area is 397 Å². The fraction of sp³-hybridized carbons (Fsp3) is 0.877. The molecule has 0 rings (SSSR count). The van der Waals surface area contributed by atoms with Crippen LogP contribution < -0.4 is 11.1 Å². The summed E-state index contributed by atoms with van der Waals surface area (Å²) in [5.41, 5.74) is 5.51. The van der Waals surface area contributed by atoms with Gasteiger partial charge in [-0.2, -0.15) is 0 Å². The summed E-state index contributed by atoms with van der Waals surface area (Å²) in [6, 6.07) is -0.858. The third kappa shape index (κ3) is 47.8. The van der Waals surface area contributed by atoms with Crippen molar-refractivity contribution in [3.63, 3.8) is 0 Å². The highest BCUT2D eigenvalue weighted by atomic mass is 16.5. The average molecular weight is 901 g/mol. The average Bonchev–Trinajstić information content (AvgIpc) is 3.28. The van der Waals surface area contributed by atoms with Gasteiger partial charge >= 0.3 is 11.9 Å². The number of unbranched alkanes of at least 4 members (excludes halogenated alkanes) is 34. The molecule has 0 aromatic carbocycles. The molecule has 0 aromatic rings. The molecule has 0 spiro atoms. The summed E-state index contributed by atoms with van der Waals surface area (Å²) in [5.74, 6) is -1.22. The van der Waals surface area contributed by atoms with Crippen LogP contribution in [0.4, 0.5) is 0 Å². The third-order valence-electron chi connectivity index (χ3n) is 13.0. The van der Waals surface area contributed by atoms with Gasteiger partial charge < -0.3 is 20.9 Å². The maximum Gasteiger partial charge on any atom is 0.326 e. The molecule has 0 aliphatic heterocycles. The Morgan fingerprint density at radius 1 is 0.438 bits per heavy atom. The highest BCUT2D eigenvalue weighted by Gasteiger charge is 2.19. The molecule has 0 aliphatic carbocycles. The highest BCUT2D eigenvalue weighted by molar-refractivity contribution is 5.83. The summed E-state index contributed by atoms with van der Waals surface area (Å²) in [6.45, 7) is 4.98. The highest BCUT2D eigenvalue weighted by Crippen LogP contribution is 2.19. The zero-order valence-electron chi connectivity index (χ0n) is 42.6. The van der Waals surface area contributed by atoms with Crippen molar-refractivity contribution in [2.75, 3.05) is 6.54 Å². The van der Waals surface area contributed by atoms with Crippen LogP contribution >= 0.6 is 0 Å². The molecule has 0 saturated heterocycles. The first-order chi connectivity index (χ1) is 31.4. The Bertz CT molecular complexity index is 1060. The minimum absolute atomic E-state index is 0.00160. The number of carboxylic acids is 1. The molecule has 0 saturated carbocycles. The minimum atomic E-state index is -1.00. The number of amides is 1. The van der Waals surface area contributed by atoms with Gasteiger partial charge in [0.15, 0.2) is 0 Å².